The van der Waals surface area contributed by atoms with Crippen LogP contribution in [-0.4, -0.2) is 11.7 Å². The predicted octanol–water partition coefficient (Wildman–Crippen LogP) is 3.41. The number of nitrogens with one attached hydrogen (secondary N) is 1. The highest BCUT2D eigenvalue weighted by Crippen LogP contribution is 2.37. The van der Waals surface area contributed by atoms with Crippen LogP contribution in [0.4, 0.5) is 8.78 Å². The van der Waals surface area contributed by atoms with Crippen LogP contribution in [0.15, 0.2) is 41.3 Å². The van der Waals surface area contributed by atoms with Crippen molar-refractivity contribution < 1.29 is 13.6 Å². The SMILES string of the molecule is N#Cc1cc(F)c(C(=O)N[C@H]2CSc3ccccc32)c(F)c1. The molecule has 22 heavy (non-hydrogen) atoms. The lowest BCUT2D eigenvalue weighted by Gasteiger charge is -2.14. The number of rotatable bonds is 2. The molecule has 3 rings (SSSR count). The van der Waals surface area contributed by atoms with Gasteiger partial charge in [0.1, 0.15) is 17.2 Å². The summed E-state index contributed by atoms with van der Waals surface area (Å²) in [5.74, 6) is -2.27. The van der Waals surface area contributed by atoms with Crippen LogP contribution in [0.5, 0.6) is 0 Å². The van der Waals surface area contributed by atoms with Gasteiger partial charge in [0, 0.05) is 10.6 Å². The maximum absolute atomic E-state index is 13.9. The van der Waals surface area contributed by atoms with Crippen molar-refractivity contribution in [1.82, 2.24) is 5.32 Å². The molecule has 1 atom stereocenters. The number of amides is 1. The number of thioether (sulfide) groups is 1. The Bertz CT molecular complexity index is 778. The van der Waals surface area contributed by atoms with Gasteiger partial charge in [-0.15, -0.1) is 11.8 Å². The molecule has 110 valence electrons. The van der Waals surface area contributed by atoms with E-state index in [0.29, 0.717) is 5.75 Å². The van der Waals surface area contributed by atoms with E-state index in [0.717, 1.165) is 22.6 Å². The lowest BCUT2D eigenvalue weighted by Crippen LogP contribution is -2.30. The highest BCUT2D eigenvalue weighted by atomic mass is 32.2. The highest BCUT2D eigenvalue weighted by Gasteiger charge is 2.27. The Morgan fingerprint density at radius 3 is 2.64 bits per heavy atom. The third-order valence-electron chi connectivity index (χ3n) is 3.40. The van der Waals surface area contributed by atoms with Crippen molar-refractivity contribution in [1.29, 1.82) is 5.26 Å². The molecule has 0 fully saturated rings. The molecule has 0 bridgehead atoms. The Balaban J connectivity index is 1.87. The predicted molar refractivity (Wildman–Crippen MR) is 78.4 cm³/mol. The first-order valence-corrected chi connectivity index (χ1v) is 7.50. The minimum atomic E-state index is -1.03. The van der Waals surface area contributed by atoms with Gasteiger partial charge in [-0.05, 0) is 23.8 Å². The maximum atomic E-state index is 13.9. The number of carbonyl (C=O) groups is 1. The van der Waals surface area contributed by atoms with Gasteiger partial charge in [-0.1, -0.05) is 18.2 Å². The van der Waals surface area contributed by atoms with Crippen LogP contribution in [0, 0.1) is 23.0 Å². The van der Waals surface area contributed by atoms with Gasteiger partial charge in [0.05, 0.1) is 17.7 Å². The summed E-state index contributed by atoms with van der Waals surface area (Å²) in [7, 11) is 0. The van der Waals surface area contributed by atoms with Crippen molar-refractivity contribution in [3.63, 3.8) is 0 Å². The van der Waals surface area contributed by atoms with Crippen LogP contribution >= 0.6 is 11.8 Å². The molecule has 3 nitrogen and oxygen atoms in total. The number of carbonyl (C=O) groups excluding carboxylic acids is 1. The van der Waals surface area contributed by atoms with Gasteiger partial charge < -0.3 is 5.32 Å². The molecule has 1 N–H and O–H groups in total. The molecule has 0 aliphatic carbocycles. The Morgan fingerprint density at radius 2 is 1.95 bits per heavy atom. The Hall–Kier alpha value is -2.39. The summed E-state index contributed by atoms with van der Waals surface area (Å²) in [5.41, 5.74) is 0.122. The second kappa shape index (κ2) is 5.78. The minimum absolute atomic E-state index is 0.159. The number of hydrogen-bond donors (Lipinski definition) is 1. The number of nitrogens with zero attached hydrogens (tertiary/aromatic N) is 1. The van der Waals surface area contributed by atoms with E-state index < -0.39 is 23.1 Å². The number of hydrogen-bond acceptors (Lipinski definition) is 3. The molecule has 1 aliphatic heterocycles. The molecule has 1 aliphatic rings. The molecule has 0 saturated carbocycles. The molecule has 0 radical (unpaired) electrons. The molecule has 6 heteroatoms. The van der Waals surface area contributed by atoms with E-state index in [2.05, 4.69) is 5.32 Å². The van der Waals surface area contributed by atoms with Gasteiger partial charge >= 0.3 is 0 Å². The minimum Gasteiger partial charge on any atom is -0.344 e. The third-order valence-corrected chi connectivity index (χ3v) is 4.59. The topological polar surface area (TPSA) is 52.9 Å². The van der Waals surface area contributed by atoms with Crippen molar-refractivity contribution in [2.75, 3.05) is 5.75 Å². The van der Waals surface area contributed by atoms with E-state index in [-0.39, 0.29) is 11.6 Å². The summed E-state index contributed by atoms with van der Waals surface area (Å²) in [6.07, 6.45) is 0. The largest absolute Gasteiger partial charge is 0.344 e. The van der Waals surface area contributed by atoms with Crippen molar-refractivity contribution >= 4 is 17.7 Å². The van der Waals surface area contributed by atoms with Gasteiger partial charge in [-0.25, -0.2) is 8.78 Å². The molecule has 1 heterocycles. The molecule has 2 aromatic carbocycles. The fraction of sp³-hybridized carbons (Fsp3) is 0.125. The first-order chi connectivity index (χ1) is 10.6. The Morgan fingerprint density at radius 1 is 1.27 bits per heavy atom. The Labute approximate surface area is 130 Å². The molecule has 0 unspecified atom stereocenters. The van der Waals surface area contributed by atoms with Crippen molar-refractivity contribution in [2.24, 2.45) is 0 Å². The van der Waals surface area contributed by atoms with Crippen LogP contribution in [0.3, 0.4) is 0 Å². The summed E-state index contributed by atoms with van der Waals surface area (Å²) in [6.45, 7) is 0. The second-order valence-electron chi connectivity index (χ2n) is 4.80. The maximum Gasteiger partial charge on any atom is 0.257 e. The lowest BCUT2D eigenvalue weighted by atomic mass is 10.1. The summed E-state index contributed by atoms with van der Waals surface area (Å²) < 4.78 is 27.7. The normalized spacial score (nSPS) is 16.0. The lowest BCUT2D eigenvalue weighted by molar-refractivity contribution is 0.0932. The third kappa shape index (κ3) is 2.55. The average Bonchev–Trinajstić information content (AvgIpc) is 2.89. The fourth-order valence-corrected chi connectivity index (χ4v) is 3.53. The van der Waals surface area contributed by atoms with E-state index in [4.69, 9.17) is 5.26 Å². The summed E-state index contributed by atoms with van der Waals surface area (Å²) in [5, 5.41) is 11.3. The van der Waals surface area contributed by atoms with Crippen LogP contribution in [0.2, 0.25) is 0 Å². The van der Waals surface area contributed by atoms with E-state index in [1.54, 1.807) is 17.8 Å². The molecular weight excluding hydrogens is 306 g/mol. The van der Waals surface area contributed by atoms with Gasteiger partial charge in [-0.3, -0.25) is 4.79 Å². The molecule has 0 saturated heterocycles. The summed E-state index contributed by atoms with van der Waals surface area (Å²) >= 11 is 1.58. The second-order valence-corrected chi connectivity index (χ2v) is 5.86. The zero-order valence-electron chi connectivity index (χ0n) is 11.3. The van der Waals surface area contributed by atoms with E-state index in [9.17, 15) is 13.6 Å². The quantitative estimate of drug-likeness (QED) is 0.923. The number of fused-ring (bicyclic) bond motifs is 1. The van der Waals surface area contributed by atoms with Crippen LogP contribution in [-0.2, 0) is 0 Å². The molecule has 2 aromatic rings. The van der Waals surface area contributed by atoms with Crippen molar-refractivity contribution in [3.05, 3.63) is 64.7 Å². The van der Waals surface area contributed by atoms with Crippen molar-refractivity contribution in [2.45, 2.75) is 10.9 Å². The van der Waals surface area contributed by atoms with E-state index >= 15 is 0 Å². The van der Waals surface area contributed by atoms with Gasteiger partial charge in [-0.2, -0.15) is 5.26 Å². The zero-order chi connectivity index (χ0) is 15.7. The number of benzene rings is 2. The summed E-state index contributed by atoms with van der Waals surface area (Å²) in [4.78, 5) is 13.2. The monoisotopic (exact) mass is 316 g/mol. The zero-order valence-corrected chi connectivity index (χ0v) is 12.1. The van der Waals surface area contributed by atoms with Gasteiger partial charge in [0.2, 0.25) is 0 Å². The molecular formula is C16H10F2N2OS. The average molecular weight is 316 g/mol. The number of nitriles is 1. The van der Waals surface area contributed by atoms with Crippen LogP contribution in [0.25, 0.3) is 0 Å². The number of halogens is 2. The van der Waals surface area contributed by atoms with E-state index in [1.807, 2.05) is 24.3 Å². The van der Waals surface area contributed by atoms with Gasteiger partial charge in [0.15, 0.2) is 0 Å². The van der Waals surface area contributed by atoms with Gasteiger partial charge in [0.25, 0.3) is 5.91 Å². The van der Waals surface area contributed by atoms with Crippen molar-refractivity contribution in [3.8, 4) is 6.07 Å². The highest BCUT2D eigenvalue weighted by molar-refractivity contribution is 7.99. The molecule has 1 amide bonds. The Kier molecular flexibility index (Phi) is 3.82. The van der Waals surface area contributed by atoms with Crippen LogP contribution < -0.4 is 5.32 Å². The van der Waals surface area contributed by atoms with E-state index in [1.165, 1.54) is 0 Å². The molecule has 0 aromatic heterocycles. The summed E-state index contributed by atoms with van der Waals surface area (Å²) in [6, 6.07) is 10.6. The smallest absolute Gasteiger partial charge is 0.257 e. The first-order valence-electron chi connectivity index (χ1n) is 6.52. The molecule has 0 spiro atoms. The standard InChI is InChI=1S/C16H10F2N2OS/c17-11-5-9(7-19)6-12(18)15(11)16(21)20-13-8-22-14-4-2-1-3-10(13)14/h1-6,13H,8H2,(H,20,21)/t13-/m0/s1. The van der Waals surface area contributed by atoms with Crippen LogP contribution in [0.1, 0.15) is 27.5 Å². The first kappa shape index (κ1) is 14.5. The fourth-order valence-electron chi connectivity index (χ4n) is 2.37.